The second-order valence-electron chi connectivity index (χ2n) is 7.03. The van der Waals surface area contributed by atoms with Crippen LogP contribution in [0, 0.1) is 5.41 Å². The maximum atomic E-state index is 12.3. The van der Waals surface area contributed by atoms with E-state index in [9.17, 15) is 9.59 Å². The van der Waals surface area contributed by atoms with Crippen LogP contribution in [0.2, 0.25) is 0 Å². The number of aromatic nitrogens is 2. The van der Waals surface area contributed by atoms with E-state index in [2.05, 4.69) is 5.10 Å². The van der Waals surface area contributed by atoms with Gasteiger partial charge in [0.05, 0.1) is 25.5 Å². The van der Waals surface area contributed by atoms with Crippen molar-refractivity contribution in [1.29, 1.82) is 0 Å². The summed E-state index contributed by atoms with van der Waals surface area (Å²) in [6, 6.07) is 2.09. The summed E-state index contributed by atoms with van der Waals surface area (Å²) in [5.41, 5.74) is 0.582. The van der Waals surface area contributed by atoms with E-state index in [0.29, 0.717) is 51.9 Å². The van der Waals surface area contributed by atoms with Crippen molar-refractivity contribution in [3.63, 3.8) is 0 Å². The number of nitrogens with zero attached hydrogens (tertiary/aromatic N) is 4. The van der Waals surface area contributed by atoms with E-state index < -0.39 is 5.41 Å². The van der Waals surface area contributed by atoms with Gasteiger partial charge < -0.3 is 19.3 Å². The minimum atomic E-state index is -0.415. The van der Waals surface area contributed by atoms with Crippen molar-refractivity contribution in [2.45, 2.75) is 26.3 Å². The van der Waals surface area contributed by atoms with Gasteiger partial charge in [-0.05, 0) is 6.07 Å². The van der Waals surface area contributed by atoms with E-state index in [1.807, 2.05) is 40.6 Å². The largest absolute Gasteiger partial charge is 0.378 e. The smallest absolute Gasteiger partial charge is 0.320 e. The maximum absolute atomic E-state index is 12.3. The van der Waals surface area contributed by atoms with Crippen LogP contribution in [-0.2, 0) is 16.1 Å². The van der Waals surface area contributed by atoms with Crippen molar-refractivity contribution in [1.82, 2.24) is 19.6 Å². The third-order valence-corrected chi connectivity index (χ3v) is 4.40. The number of rotatable bonds is 4. The second-order valence-corrected chi connectivity index (χ2v) is 7.03. The van der Waals surface area contributed by atoms with Crippen LogP contribution in [0.1, 0.15) is 25.5 Å². The highest BCUT2D eigenvalue weighted by atomic mass is 16.5. The lowest BCUT2D eigenvalue weighted by Crippen LogP contribution is -2.56. The Balaban J connectivity index is 1.52. The van der Waals surface area contributed by atoms with Crippen LogP contribution in [0.3, 0.4) is 0 Å². The molecule has 0 aliphatic carbocycles. The van der Waals surface area contributed by atoms with Crippen molar-refractivity contribution in [2.75, 3.05) is 39.4 Å². The molecule has 0 unspecified atom stereocenters. The number of amides is 2. The molecule has 2 aliphatic heterocycles. The molecule has 0 radical (unpaired) electrons. The first-order valence-electron chi connectivity index (χ1n) is 8.10. The highest BCUT2D eigenvalue weighted by Gasteiger charge is 2.36. The molecule has 2 aliphatic rings. The van der Waals surface area contributed by atoms with E-state index in [1.54, 1.807) is 0 Å². The Morgan fingerprint density at radius 3 is 2.70 bits per heavy atom. The molecule has 2 saturated heterocycles. The van der Waals surface area contributed by atoms with Crippen molar-refractivity contribution in [3.05, 3.63) is 18.0 Å². The normalized spacial score (nSPS) is 19.6. The third kappa shape index (κ3) is 3.55. The standard InChI is InChI=1S/C16H24N4O3/c1-16(2,12-21)11-20-4-3-14(17-20)13-9-19(10-13)15(22)18-5-7-23-8-6-18/h3-4,12-13H,5-11H2,1-2H3. The molecule has 1 aromatic rings. The highest BCUT2D eigenvalue weighted by molar-refractivity contribution is 5.75. The van der Waals surface area contributed by atoms with Gasteiger partial charge in [0.15, 0.2) is 0 Å². The first kappa shape index (κ1) is 16.0. The number of hydrogen-bond donors (Lipinski definition) is 0. The first-order chi connectivity index (χ1) is 11.0. The topological polar surface area (TPSA) is 67.7 Å². The highest BCUT2D eigenvalue weighted by Crippen LogP contribution is 2.27. The number of morpholine rings is 1. The van der Waals surface area contributed by atoms with Crippen LogP contribution in [0.15, 0.2) is 12.3 Å². The van der Waals surface area contributed by atoms with Crippen molar-refractivity contribution < 1.29 is 14.3 Å². The van der Waals surface area contributed by atoms with Crippen molar-refractivity contribution in [2.24, 2.45) is 5.41 Å². The zero-order chi connectivity index (χ0) is 16.4. The number of ether oxygens (including phenoxy) is 1. The average molecular weight is 320 g/mol. The number of likely N-dealkylation sites (tertiary alicyclic amines) is 1. The minimum absolute atomic E-state index is 0.103. The monoisotopic (exact) mass is 320 g/mol. The molecule has 3 heterocycles. The zero-order valence-corrected chi connectivity index (χ0v) is 13.8. The molecular weight excluding hydrogens is 296 g/mol. The number of urea groups is 1. The molecule has 0 aromatic carbocycles. The molecule has 0 saturated carbocycles. The van der Waals surface area contributed by atoms with Crippen molar-refractivity contribution in [3.8, 4) is 0 Å². The SMILES string of the molecule is CC(C)(C=O)Cn1ccc(C2CN(C(=O)N3CCOCC3)C2)n1. The molecule has 2 fully saturated rings. The Labute approximate surface area is 136 Å². The van der Waals surface area contributed by atoms with Gasteiger partial charge in [-0.25, -0.2) is 4.79 Å². The van der Waals surface area contributed by atoms with Crippen LogP contribution in [0.4, 0.5) is 4.79 Å². The average Bonchev–Trinajstić information content (AvgIpc) is 2.94. The zero-order valence-electron chi connectivity index (χ0n) is 13.8. The van der Waals surface area contributed by atoms with E-state index in [-0.39, 0.29) is 6.03 Å². The summed E-state index contributed by atoms with van der Waals surface area (Å²) in [4.78, 5) is 27.0. The first-order valence-corrected chi connectivity index (χ1v) is 8.10. The second kappa shape index (κ2) is 6.31. The lowest BCUT2D eigenvalue weighted by atomic mass is 9.96. The van der Waals surface area contributed by atoms with E-state index >= 15 is 0 Å². The number of carbonyl (C=O) groups is 2. The van der Waals surface area contributed by atoms with Gasteiger partial charge in [0.25, 0.3) is 0 Å². The molecule has 0 bridgehead atoms. The van der Waals surface area contributed by atoms with Gasteiger partial charge in [-0.2, -0.15) is 5.10 Å². The van der Waals surface area contributed by atoms with Gasteiger partial charge in [0.2, 0.25) is 0 Å². The van der Waals surface area contributed by atoms with Gasteiger partial charge >= 0.3 is 6.03 Å². The summed E-state index contributed by atoms with van der Waals surface area (Å²) in [6.07, 6.45) is 2.87. The summed E-state index contributed by atoms with van der Waals surface area (Å²) in [6.45, 7) is 8.39. The van der Waals surface area contributed by atoms with Crippen molar-refractivity contribution >= 4 is 12.3 Å². The molecule has 3 rings (SSSR count). The number of hydrogen-bond acceptors (Lipinski definition) is 4. The molecule has 0 atom stereocenters. The fourth-order valence-electron chi connectivity index (χ4n) is 2.91. The molecule has 7 nitrogen and oxygen atoms in total. The predicted octanol–water partition coefficient (Wildman–Crippen LogP) is 0.960. The van der Waals surface area contributed by atoms with Crippen LogP contribution in [0.25, 0.3) is 0 Å². The Hall–Kier alpha value is -1.89. The molecular formula is C16H24N4O3. The molecule has 2 amide bonds. The van der Waals surface area contributed by atoms with Gasteiger partial charge in [-0.1, -0.05) is 13.8 Å². The van der Waals surface area contributed by atoms with Crippen LogP contribution in [-0.4, -0.2) is 71.3 Å². The van der Waals surface area contributed by atoms with Crippen LogP contribution < -0.4 is 0 Å². The lowest BCUT2D eigenvalue weighted by molar-refractivity contribution is -0.115. The fraction of sp³-hybridized carbons (Fsp3) is 0.688. The Bertz CT molecular complexity index is 572. The Morgan fingerprint density at radius 1 is 1.35 bits per heavy atom. The van der Waals surface area contributed by atoms with Gasteiger partial charge in [0, 0.05) is 43.7 Å². The van der Waals surface area contributed by atoms with E-state index in [1.165, 1.54) is 0 Å². The van der Waals surface area contributed by atoms with Gasteiger partial charge in [-0.15, -0.1) is 0 Å². The Kier molecular flexibility index (Phi) is 4.39. The van der Waals surface area contributed by atoms with Crippen LogP contribution in [0.5, 0.6) is 0 Å². The minimum Gasteiger partial charge on any atom is -0.378 e. The third-order valence-electron chi connectivity index (χ3n) is 4.40. The molecule has 7 heteroatoms. The summed E-state index contributed by atoms with van der Waals surface area (Å²) in [7, 11) is 0. The molecule has 126 valence electrons. The summed E-state index contributed by atoms with van der Waals surface area (Å²) >= 11 is 0. The summed E-state index contributed by atoms with van der Waals surface area (Å²) < 4.78 is 7.09. The van der Waals surface area contributed by atoms with Crippen LogP contribution >= 0.6 is 0 Å². The maximum Gasteiger partial charge on any atom is 0.320 e. The van der Waals surface area contributed by atoms with Gasteiger partial charge in [-0.3, -0.25) is 4.68 Å². The molecule has 23 heavy (non-hydrogen) atoms. The molecule has 0 N–H and O–H groups in total. The Morgan fingerprint density at radius 2 is 2.04 bits per heavy atom. The van der Waals surface area contributed by atoms with E-state index in [4.69, 9.17) is 4.74 Å². The predicted molar refractivity (Wildman–Crippen MR) is 84.2 cm³/mol. The number of carbonyl (C=O) groups excluding carboxylic acids is 2. The molecule has 0 spiro atoms. The molecule has 1 aromatic heterocycles. The number of aldehydes is 1. The summed E-state index contributed by atoms with van der Waals surface area (Å²) in [5.74, 6) is 0.292. The van der Waals surface area contributed by atoms with Gasteiger partial charge in [0.1, 0.15) is 6.29 Å². The fourth-order valence-corrected chi connectivity index (χ4v) is 2.91. The summed E-state index contributed by atoms with van der Waals surface area (Å²) in [5, 5.41) is 4.56. The lowest BCUT2D eigenvalue weighted by Gasteiger charge is -2.42. The van der Waals surface area contributed by atoms with E-state index in [0.717, 1.165) is 12.0 Å². The quantitative estimate of drug-likeness (QED) is 0.775.